The third-order valence-corrected chi connectivity index (χ3v) is 2.89. The van der Waals surface area contributed by atoms with Crippen molar-refractivity contribution in [3.05, 3.63) is 59.7 Å². The molecular weight excluding hydrogens is 276 g/mol. The second-order valence-electron chi connectivity index (χ2n) is 4.79. The Morgan fingerprint density at radius 1 is 1.19 bits per heavy atom. The number of hydrogen-bond donors (Lipinski definition) is 2. The summed E-state index contributed by atoms with van der Waals surface area (Å²) in [5.74, 6) is -0.662. The number of aryl methyl sites for hydroxylation is 1. The minimum atomic E-state index is -0.810. The molecule has 0 spiro atoms. The van der Waals surface area contributed by atoms with Crippen molar-refractivity contribution in [2.75, 3.05) is 18.5 Å². The summed E-state index contributed by atoms with van der Waals surface area (Å²) in [4.78, 5) is 0. The number of anilines is 1. The first-order chi connectivity index (χ1) is 10.0. The lowest BCUT2D eigenvalue weighted by Gasteiger charge is -2.14. The van der Waals surface area contributed by atoms with Crippen LogP contribution in [-0.2, 0) is 0 Å². The van der Waals surface area contributed by atoms with E-state index >= 15 is 0 Å². The normalized spacial score (nSPS) is 12.0. The van der Waals surface area contributed by atoms with Crippen molar-refractivity contribution in [1.29, 1.82) is 0 Å². The highest BCUT2D eigenvalue weighted by Gasteiger charge is 2.08. The Morgan fingerprint density at radius 2 is 2.00 bits per heavy atom. The summed E-state index contributed by atoms with van der Waals surface area (Å²) in [5.41, 5.74) is 1.21. The zero-order valence-corrected chi connectivity index (χ0v) is 11.6. The second kappa shape index (κ2) is 7.04. The number of halogens is 2. The summed E-state index contributed by atoms with van der Waals surface area (Å²) in [5, 5.41) is 12.5. The average molecular weight is 293 g/mol. The monoisotopic (exact) mass is 293 g/mol. The van der Waals surface area contributed by atoms with Crippen LogP contribution in [0.2, 0.25) is 0 Å². The van der Waals surface area contributed by atoms with Crippen LogP contribution in [0.25, 0.3) is 0 Å². The van der Waals surface area contributed by atoms with Crippen molar-refractivity contribution in [3.8, 4) is 5.75 Å². The predicted octanol–water partition coefficient (Wildman–Crippen LogP) is 3.13. The first-order valence-electron chi connectivity index (χ1n) is 6.61. The van der Waals surface area contributed by atoms with Crippen LogP contribution in [0.1, 0.15) is 5.56 Å². The number of benzene rings is 2. The van der Waals surface area contributed by atoms with Crippen molar-refractivity contribution in [1.82, 2.24) is 0 Å². The van der Waals surface area contributed by atoms with Crippen LogP contribution in [0, 0.1) is 18.6 Å². The quantitative estimate of drug-likeness (QED) is 0.860. The van der Waals surface area contributed by atoms with Gasteiger partial charge in [0.2, 0.25) is 0 Å². The van der Waals surface area contributed by atoms with Gasteiger partial charge in [-0.25, -0.2) is 8.78 Å². The number of hydrogen-bond acceptors (Lipinski definition) is 3. The molecule has 0 aliphatic carbocycles. The van der Waals surface area contributed by atoms with Crippen LogP contribution in [0.15, 0.2) is 42.5 Å². The molecule has 0 amide bonds. The SMILES string of the molecule is Cc1cccc(OCC(O)CNc2ccc(F)cc2F)c1. The summed E-state index contributed by atoms with van der Waals surface area (Å²) in [6.45, 7) is 2.13. The van der Waals surface area contributed by atoms with Gasteiger partial charge in [-0.2, -0.15) is 0 Å². The molecule has 0 heterocycles. The van der Waals surface area contributed by atoms with Gasteiger partial charge < -0.3 is 15.2 Å². The Bertz CT molecular complexity index is 605. The molecule has 0 aromatic heterocycles. The van der Waals surface area contributed by atoms with Crippen LogP contribution in [-0.4, -0.2) is 24.4 Å². The van der Waals surface area contributed by atoms with Crippen molar-refractivity contribution in [2.24, 2.45) is 0 Å². The summed E-state index contributed by atoms with van der Waals surface area (Å²) >= 11 is 0. The lowest BCUT2D eigenvalue weighted by atomic mass is 10.2. The maximum Gasteiger partial charge on any atom is 0.149 e. The fraction of sp³-hybridized carbons (Fsp3) is 0.250. The molecule has 0 saturated carbocycles. The largest absolute Gasteiger partial charge is 0.491 e. The molecule has 0 bridgehead atoms. The third-order valence-electron chi connectivity index (χ3n) is 2.89. The van der Waals surface area contributed by atoms with Crippen LogP contribution in [0.4, 0.5) is 14.5 Å². The Kier molecular flexibility index (Phi) is 5.11. The van der Waals surface area contributed by atoms with E-state index in [9.17, 15) is 13.9 Å². The average Bonchev–Trinajstić information content (AvgIpc) is 2.44. The molecule has 0 aliphatic heterocycles. The van der Waals surface area contributed by atoms with Crippen molar-refractivity contribution >= 4 is 5.69 Å². The highest BCUT2D eigenvalue weighted by atomic mass is 19.1. The lowest BCUT2D eigenvalue weighted by Crippen LogP contribution is -2.26. The van der Waals surface area contributed by atoms with E-state index in [0.29, 0.717) is 5.75 Å². The standard InChI is InChI=1S/C16H17F2NO2/c1-11-3-2-4-14(7-11)21-10-13(20)9-19-16-6-5-12(17)8-15(16)18/h2-8,13,19-20H,9-10H2,1H3. The van der Waals surface area contributed by atoms with Gasteiger partial charge in [-0.1, -0.05) is 12.1 Å². The van der Waals surface area contributed by atoms with Gasteiger partial charge in [0.15, 0.2) is 0 Å². The minimum Gasteiger partial charge on any atom is -0.491 e. The number of ether oxygens (including phenoxy) is 1. The zero-order valence-electron chi connectivity index (χ0n) is 11.6. The van der Waals surface area contributed by atoms with Gasteiger partial charge in [0, 0.05) is 12.6 Å². The molecule has 5 heteroatoms. The van der Waals surface area contributed by atoms with E-state index in [4.69, 9.17) is 4.74 Å². The predicted molar refractivity (Wildman–Crippen MR) is 77.5 cm³/mol. The first kappa shape index (κ1) is 15.3. The Balaban J connectivity index is 1.80. The second-order valence-corrected chi connectivity index (χ2v) is 4.79. The Labute approximate surface area is 122 Å². The fourth-order valence-electron chi connectivity index (χ4n) is 1.82. The summed E-state index contributed by atoms with van der Waals surface area (Å²) in [6, 6.07) is 10.7. The van der Waals surface area contributed by atoms with Gasteiger partial charge in [-0.05, 0) is 36.8 Å². The number of aliphatic hydroxyl groups is 1. The van der Waals surface area contributed by atoms with Gasteiger partial charge in [0.1, 0.15) is 30.1 Å². The highest BCUT2D eigenvalue weighted by molar-refractivity contribution is 5.44. The molecule has 2 aromatic carbocycles. The van der Waals surface area contributed by atoms with Gasteiger partial charge in [-0.15, -0.1) is 0 Å². The molecule has 0 aliphatic rings. The van der Waals surface area contributed by atoms with E-state index in [1.165, 1.54) is 6.07 Å². The summed E-state index contributed by atoms with van der Waals surface area (Å²) in [7, 11) is 0. The van der Waals surface area contributed by atoms with E-state index in [1.807, 2.05) is 25.1 Å². The van der Waals surface area contributed by atoms with Crippen LogP contribution >= 0.6 is 0 Å². The Morgan fingerprint density at radius 3 is 2.71 bits per heavy atom. The molecule has 21 heavy (non-hydrogen) atoms. The summed E-state index contributed by atoms with van der Waals surface area (Å²) < 4.78 is 31.6. The highest BCUT2D eigenvalue weighted by Crippen LogP contribution is 2.15. The number of rotatable bonds is 6. The van der Waals surface area contributed by atoms with Gasteiger partial charge in [-0.3, -0.25) is 0 Å². The minimum absolute atomic E-state index is 0.0826. The van der Waals surface area contributed by atoms with Gasteiger partial charge >= 0.3 is 0 Å². The van der Waals surface area contributed by atoms with Crippen LogP contribution < -0.4 is 10.1 Å². The molecular formula is C16H17F2NO2. The molecule has 0 fully saturated rings. The van der Waals surface area contributed by atoms with E-state index in [0.717, 1.165) is 17.7 Å². The van der Waals surface area contributed by atoms with Crippen molar-refractivity contribution in [3.63, 3.8) is 0 Å². The Hall–Kier alpha value is -2.14. The van der Waals surface area contributed by atoms with Crippen molar-refractivity contribution in [2.45, 2.75) is 13.0 Å². The molecule has 1 unspecified atom stereocenters. The molecule has 0 radical (unpaired) electrons. The maximum absolute atomic E-state index is 13.4. The van der Waals surface area contributed by atoms with Crippen LogP contribution in [0.5, 0.6) is 5.75 Å². The fourth-order valence-corrected chi connectivity index (χ4v) is 1.82. The third kappa shape index (κ3) is 4.72. The van der Waals surface area contributed by atoms with Gasteiger partial charge in [0.25, 0.3) is 0 Å². The van der Waals surface area contributed by atoms with Crippen LogP contribution in [0.3, 0.4) is 0 Å². The topological polar surface area (TPSA) is 41.5 Å². The van der Waals surface area contributed by atoms with E-state index in [-0.39, 0.29) is 18.8 Å². The first-order valence-corrected chi connectivity index (χ1v) is 6.61. The molecule has 2 aromatic rings. The molecule has 2 N–H and O–H groups in total. The number of nitrogens with one attached hydrogen (secondary N) is 1. The van der Waals surface area contributed by atoms with E-state index in [2.05, 4.69) is 5.32 Å². The smallest absolute Gasteiger partial charge is 0.149 e. The summed E-state index contributed by atoms with van der Waals surface area (Å²) in [6.07, 6.45) is -0.810. The number of aliphatic hydroxyl groups excluding tert-OH is 1. The maximum atomic E-state index is 13.4. The van der Waals surface area contributed by atoms with Crippen molar-refractivity contribution < 1.29 is 18.6 Å². The lowest BCUT2D eigenvalue weighted by molar-refractivity contribution is 0.117. The molecule has 112 valence electrons. The van der Waals surface area contributed by atoms with Gasteiger partial charge in [0.05, 0.1) is 5.69 Å². The molecule has 2 rings (SSSR count). The molecule has 3 nitrogen and oxygen atoms in total. The van der Waals surface area contributed by atoms with E-state index < -0.39 is 17.7 Å². The molecule has 1 atom stereocenters. The molecule has 0 saturated heterocycles. The van der Waals surface area contributed by atoms with E-state index in [1.54, 1.807) is 6.07 Å². The zero-order chi connectivity index (χ0) is 15.2.